The van der Waals surface area contributed by atoms with Gasteiger partial charge < -0.3 is 10.1 Å². The normalized spacial score (nSPS) is 18.4. The zero-order valence-corrected chi connectivity index (χ0v) is 13.0. The van der Waals surface area contributed by atoms with Crippen LogP contribution < -0.4 is 5.32 Å². The van der Waals surface area contributed by atoms with Crippen molar-refractivity contribution in [1.29, 1.82) is 0 Å². The maximum Gasteiger partial charge on any atom is 0.336 e. The summed E-state index contributed by atoms with van der Waals surface area (Å²) in [6.07, 6.45) is 1.94. The Morgan fingerprint density at radius 2 is 2.00 bits per heavy atom. The van der Waals surface area contributed by atoms with Crippen LogP contribution in [0.1, 0.15) is 25.3 Å². The first-order valence-electron chi connectivity index (χ1n) is 6.14. The average molecular weight is 312 g/mol. The van der Waals surface area contributed by atoms with Gasteiger partial charge in [0, 0.05) is 17.3 Å². The summed E-state index contributed by atoms with van der Waals surface area (Å²) in [4.78, 5) is 12.0. The van der Waals surface area contributed by atoms with Crippen molar-refractivity contribution >= 4 is 29.2 Å². The molecule has 1 aromatic carbocycles. The fourth-order valence-electron chi connectivity index (χ4n) is 2.37. The minimum atomic E-state index is -0.375. The molecule has 0 amide bonds. The van der Waals surface area contributed by atoms with Gasteiger partial charge in [0.05, 0.1) is 22.7 Å². The highest BCUT2D eigenvalue weighted by Gasteiger charge is 2.29. The first kappa shape index (κ1) is 14.9. The first-order chi connectivity index (χ1) is 9.45. The van der Waals surface area contributed by atoms with E-state index in [0.29, 0.717) is 15.6 Å². The fourth-order valence-corrected chi connectivity index (χ4v) is 2.79. The van der Waals surface area contributed by atoms with Crippen LogP contribution in [0.4, 0.5) is 0 Å². The number of allylic oxidation sites excluding steroid dienone is 3. The summed E-state index contributed by atoms with van der Waals surface area (Å²) in [7, 11) is 1.37. The van der Waals surface area contributed by atoms with E-state index in [4.69, 9.17) is 27.9 Å². The number of nitrogens with one attached hydrogen (secondary N) is 1. The molecule has 2 rings (SSSR count). The van der Waals surface area contributed by atoms with Crippen LogP contribution in [-0.4, -0.2) is 13.1 Å². The number of methoxy groups -OCH3 is 1. The maximum atomic E-state index is 12.0. The van der Waals surface area contributed by atoms with Gasteiger partial charge in [0.2, 0.25) is 0 Å². The summed E-state index contributed by atoms with van der Waals surface area (Å²) >= 11 is 12.3. The topological polar surface area (TPSA) is 38.3 Å². The molecule has 20 heavy (non-hydrogen) atoms. The molecule has 1 unspecified atom stereocenters. The molecule has 0 aliphatic carbocycles. The number of carbonyl (C=O) groups is 1. The Labute approximate surface area is 128 Å². The van der Waals surface area contributed by atoms with Gasteiger partial charge >= 0.3 is 5.97 Å². The number of esters is 1. The minimum absolute atomic E-state index is 0.269. The third kappa shape index (κ3) is 2.69. The second kappa shape index (κ2) is 5.90. The summed E-state index contributed by atoms with van der Waals surface area (Å²) in [6.45, 7) is 3.78. The van der Waals surface area contributed by atoms with Crippen molar-refractivity contribution in [2.24, 2.45) is 0 Å². The van der Waals surface area contributed by atoms with Crippen LogP contribution in [0.25, 0.3) is 0 Å². The Kier molecular flexibility index (Phi) is 4.41. The molecule has 1 heterocycles. The molecule has 1 aliphatic heterocycles. The van der Waals surface area contributed by atoms with Crippen LogP contribution in [0, 0.1) is 0 Å². The Bertz CT molecular complexity index is 620. The van der Waals surface area contributed by atoms with Crippen molar-refractivity contribution < 1.29 is 9.53 Å². The molecule has 1 aliphatic rings. The highest BCUT2D eigenvalue weighted by atomic mass is 35.5. The zero-order chi connectivity index (χ0) is 14.9. The van der Waals surface area contributed by atoms with Crippen LogP contribution in [-0.2, 0) is 9.53 Å². The van der Waals surface area contributed by atoms with Gasteiger partial charge in [0.15, 0.2) is 0 Å². The first-order valence-corrected chi connectivity index (χ1v) is 6.89. The fraction of sp³-hybridized carbons (Fsp3) is 0.267. The van der Waals surface area contributed by atoms with Crippen LogP contribution in [0.2, 0.25) is 10.0 Å². The number of rotatable bonds is 2. The van der Waals surface area contributed by atoms with E-state index in [1.807, 2.05) is 32.1 Å². The summed E-state index contributed by atoms with van der Waals surface area (Å²) in [5, 5.41) is 4.07. The number of dihydropyridines is 1. The molecular formula is C15H15Cl2NO2. The van der Waals surface area contributed by atoms with E-state index in [-0.39, 0.29) is 11.9 Å². The van der Waals surface area contributed by atoms with Crippen molar-refractivity contribution in [2.75, 3.05) is 7.11 Å². The Morgan fingerprint density at radius 3 is 2.65 bits per heavy atom. The van der Waals surface area contributed by atoms with Crippen LogP contribution in [0.15, 0.2) is 41.2 Å². The Morgan fingerprint density at radius 1 is 1.30 bits per heavy atom. The van der Waals surface area contributed by atoms with Crippen molar-refractivity contribution in [3.8, 4) is 0 Å². The van der Waals surface area contributed by atoms with Gasteiger partial charge in [-0.15, -0.1) is 0 Å². The van der Waals surface area contributed by atoms with Gasteiger partial charge in [-0.25, -0.2) is 4.79 Å². The second-order valence-corrected chi connectivity index (χ2v) is 5.41. The molecule has 0 saturated heterocycles. The molecule has 0 spiro atoms. The number of halogens is 2. The molecule has 0 bridgehead atoms. The van der Waals surface area contributed by atoms with Gasteiger partial charge in [-0.05, 0) is 25.5 Å². The molecule has 3 nitrogen and oxygen atoms in total. The predicted octanol–water partition coefficient (Wildman–Crippen LogP) is 4.03. The van der Waals surface area contributed by atoms with Crippen molar-refractivity contribution in [2.45, 2.75) is 19.8 Å². The molecule has 1 atom stereocenters. The molecule has 1 N–H and O–H groups in total. The SMILES string of the molecule is COC(=O)C1=C(C)NC(C)=CC1c1cccc(Cl)c1Cl. The number of carbonyl (C=O) groups excluding carboxylic acids is 1. The monoisotopic (exact) mass is 311 g/mol. The van der Waals surface area contributed by atoms with Gasteiger partial charge in [-0.2, -0.15) is 0 Å². The van der Waals surface area contributed by atoms with E-state index in [2.05, 4.69) is 5.32 Å². The molecule has 5 heteroatoms. The third-order valence-corrected chi connectivity index (χ3v) is 4.07. The predicted molar refractivity (Wildman–Crippen MR) is 80.8 cm³/mol. The van der Waals surface area contributed by atoms with Crippen LogP contribution in [0.3, 0.4) is 0 Å². The summed E-state index contributed by atoms with van der Waals surface area (Å²) in [6, 6.07) is 5.41. The van der Waals surface area contributed by atoms with Gasteiger partial charge in [0.1, 0.15) is 0 Å². The van der Waals surface area contributed by atoms with Gasteiger partial charge in [-0.1, -0.05) is 41.4 Å². The molecule has 106 valence electrons. The van der Waals surface area contributed by atoms with E-state index < -0.39 is 0 Å². The van der Waals surface area contributed by atoms with Gasteiger partial charge in [0.25, 0.3) is 0 Å². The van der Waals surface area contributed by atoms with Crippen molar-refractivity contribution in [3.63, 3.8) is 0 Å². The number of hydrogen-bond acceptors (Lipinski definition) is 3. The molecule has 0 radical (unpaired) electrons. The van der Waals surface area contributed by atoms with Crippen molar-refractivity contribution in [1.82, 2.24) is 5.32 Å². The average Bonchev–Trinajstić information content (AvgIpc) is 2.40. The number of hydrogen-bond donors (Lipinski definition) is 1. The van der Waals surface area contributed by atoms with E-state index >= 15 is 0 Å². The van der Waals surface area contributed by atoms with E-state index in [0.717, 1.165) is 17.0 Å². The lowest BCUT2D eigenvalue weighted by atomic mass is 9.87. The molecular weight excluding hydrogens is 297 g/mol. The quantitative estimate of drug-likeness (QED) is 0.838. The lowest BCUT2D eigenvalue weighted by Crippen LogP contribution is -2.25. The lowest BCUT2D eigenvalue weighted by molar-refractivity contribution is -0.136. The molecule has 1 aromatic rings. The maximum absolute atomic E-state index is 12.0. The Balaban J connectivity index is 2.59. The lowest BCUT2D eigenvalue weighted by Gasteiger charge is -2.26. The van der Waals surface area contributed by atoms with Crippen molar-refractivity contribution in [3.05, 3.63) is 56.9 Å². The van der Waals surface area contributed by atoms with Crippen LogP contribution >= 0.6 is 23.2 Å². The van der Waals surface area contributed by atoms with E-state index in [1.54, 1.807) is 6.07 Å². The number of benzene rings is 1. The van der Waals surface area contributed by atoms with E-state index in [1.165, 1.54) is 7.11 Å². The highest BCUT2D eigenvalue weighted by molar-refractivity contribution is 6.42. The smallest absolute Gasteiger partial charge is 0.336 e. The molecule has 0 saturated carbocycles. The Hall–Kier alpha value is -1.45. The summed E-state index contributed by atoms with van der Waals surface area (Å²) < 4.78 is 4.88. The third-order valence-electron chi connectivity index (χ3n) is 3.24. The molecule has 0 fully saturated rings. The highest BCUT2D eigenvalue weighted by Crippen LogP contribution is 2.38. The molecule has 0 aromatic heterocycles. The van der Waals surface area contributed by atoms with Gasteiger partial charge in [-0.3, -0.25) is 0 Å². The van der Waals surface area contributed by atoms with Crippen LogP contribution in [0.5, 0.6) is 0 Å². The standard InChI is InChI=1S/C15H15Cl2NO2/c1-8-7-11(10-5-4-6-12(16)14(10)17)13(9(2)18-8)15(19)20-3/h4-7,11,18H,1-3H3. The second-order valence-electron chi connectivity index (χ2n) is 4.63. The van der Waals surface area contributed by atoms with E-state index in [9.17, 15) is 4.79 Å². The number of ether oxygens (including phenoxy) is 1. The summed E-state index contributed by atoms with van der Waals surface area (Å²) in [5.74, 6) is -0.644. The summed E-state index contributed by atoms with van der Waals surface area (Å²) in [5.41, 5.74) is 3.05. The zero-order valence-electron chi connectivity index (χ0n) is 11.5. The largest absolute Gasteiger partial charge is 0.466 e. The minimum Gasteiger partial charge on any atom is -0.466 e.